The Kier molecular flexibility index (Phi) is 8.20. The minimum Gasteiger partial charge on any atom is -0.317 e. The van der Waals surface area contributed by atoms with Crippen LogP contribution in [0.4, 0.5) is 0 Å². The van der Waals surface area contributed by atoms with E-state index in [1.807, 2.05) is 18.3 Å². The molecule has 3 aliphatic heterocycles. The van der Waals surface area contributed by atoms with Gasteiger partial charge in [0.25, 0.3) is 5.82 Å². The van der Waals surface area contributed by atoms with Crippen LogP contribution in [0.15, 0.2) is 45.5 Å². The van der Waals surface area contributed by atoms with Crippen molar-refractivity contribution >= 4 is 21.9 Å². The Balaban J connectivity index is 1.32. The summed E-state index contributed by atoms with van der Waals surface area (Å²) in [5.41, 5.74) is 3.32. The number of sulfonamides is 1. The van der Waals surface area contributed by atoms with E-state index in [1.165, 1.54) is 32.1 Å². The molecular formula is C27H41N6O2S+. The first-order valence-electron chi connectivity index (χ1n) is 13.8. The van der Waals surface area contributed by atoms with Crippen LogP contribution < -0.4 is 20.7 Å². The monoisotopic (exact) mass is 513 g/mol. The second-order valence-electron chi connectivity index (χ2n) is 10.5. The maximum absolute atomic E-state index is 12.9. The van der Waals surface area contributed by atoms with E-state index in [4.69, 9.17) is 4.99 Å². The highest BCUT2D eigenvalue weighted by Gasteiger charge is 2.43. The normalized spacial score (nSPS) is 23.4. The summed E-state index contributed by atoms with van der Waals surface area (Å²) in [6.07, 6.45) is 12.4. The summed E-state index contributed by atoms with van der Waals surface area (Å²) in [7, 11) is -3.52. The second kappa shape index (κ2) is 11.5. The first kappa shape index (κ1) is 25.6. The number of benzene rings is 1. The fourth-order valence-electron chi connectivity index (χ4n) is 5.72. The lowest BCUT2D eigenvalue weighted by Gasteiger charge is -2.35. The summed E-state index contributed by atoms with van der Waals surface area (Å²) >= 11 is 0. The van der Waals surface area contributed by atoms with Crippen molar-refractivity contribution in [3.8, 4) is 0 Å². The molecule has 1 saturated carbocycles. The number of piperidine rings is 1. The number of nitrogens with one attached hydrogen (secondary N) is 4. The highest BCUT2D eigenvalue weighted by molar-refractivity contribution is 7.89. The predicted octanol–water partition coefficient (Wildman–Crippen LogP) is 2.67. The largest absolute Gasteiger partial charge is 0.317 e. The van der Waals surface area contributed by atoms with Crippen LogP contribution in [-0.2, 0) is 10.0 Å². The van der Waals surface area contributed by atoms with E-state index >= 15 is 0 Å². The first-order valence-corrected chi connectivity index (χ1v) is 15.3. The number of rotatable bonds is 10. The van der Waals surface area contributed by atoms with E-state index in [0.29, 0.717) is 23.4 Å². The molecule has 36 heavy (non-hydrogen) atoms. The van der Waals surface area contributed by atoms with E-state index < -0.39 is 10.0 Å². The lowest BCUT2D eigenvalue weighted by atomic mass is 9.89. The van der Waals surface area contributed by atoms with Gasteiger partial charge in [-0.2, -0.15) is 0 Å². The SMILES string of the molecule is CCCCNC1N=CC2=C(N1)[N+](C1CCCCC1)=C2c1ccc(S(=O)(=O)NCC2CCNCC2)cc1. The van der Waals surface area contributed by atoms with Crippen LogP contribution in [0.5, 0.6) is 0 Å². The molecule has 4 aliphatic rings. The molecule has 1 atom stereocenters. The van der Waals surface area contributed by atoms with Gasteiger partial charge in [-0.15, -0.1) is 0 Å². The number of unbranched alkanes of at least 4 members (excludes halogenated alkanes) is 1. The van der Waals surface area contributed by atoms with Crippen molar-refractivity contribution in [2.24, 2.45) is 10.9 Å². The van der Waals surface area contributed by atoms with Crippen molar-refractivity contribution < 1.29 is 13.0 Å². The lowest BCUT2D eigenvalue weighted by Crippen LogP contribution is -2.54. The maximum atomic E-state index is 12.9. The Morgan fingerprint density at radius 1 is 1.06 bits per heavy atom. The van der Waals surface area contributed by atoms with Crippen LogP contribution in [0.1, 0.15) is 70.3 Å². The van der Waals surface area contributed by atoms with Crippen molar-refractivity contribution in [2.75, 3.05) is 26.2 Å². The van der Waals surface area contributed by atoms with Crippen LogP contribution in [0.3, 0.4) is 0 Å². The molecule has 0 spiro atoms. The summed E-state index contributed by atoms with van der Waals surface area (Å²) in [5, 5.41) is 10.4. The van der Waals surface area contributed by atoms with Gasteiger partial charge >= 0.3 is 0 Å². The number of hydrogen-bond donors (Lipinski definition) is 4. The summed E-state index contributed by atoms with van der Waals surface area (Å²) in [6, 6.07) is 7.86. The zero-order valence-corrected chi connectivity index (χ0v) is 22.2. The Morgan fingerprint density at radius 3 is 2.53 bits per heavy atom. The van der Waals surface area contributed by atoms with Crippen molar-refractivity contribution in [1.29, 1.82) is 0 Å². The molecule has 196 valence electrons. The molecule has 3 heterocycles. The van der Waals surface area contributed by atoms with Crippen LogP contribution in [0, 0.1) is 5.92 Å². The summed E-state index contributed by atoms with van der Waals surface area (Å²) < 4.78 is 31.1. The third-order valence-corrected chi connectivity index (χ3v) is 9.32. The van der Waals surface area contributed by atoms with Crippen LogP contribution in [0.25, 0.3) is 0 Å². The van der Waals surface area contributed by atoms with E-state index in [1.54, 1.807) is 12.1 Å². The molecular weight excluding hydrogens is 472 g/mol. The van der Waals surface area contributed by atoms with Gasteiger partial charge in [-0.1, -0.05) is 19.8 Å². The summed E-state index contributed by atoms with van der Waals surface area (Å²) in [5.74, 6) is 1.56. The molecule has 0 aromatic heterocycles. The minimum absolute atomic E-state index is 0.0959. The maximum Gasteiger partial charge on any atom is 0.291 e. The molecule has 1 unspecified atom stereocenters. The van der Waals surface area contributed by atoms with Crippen molar-refractivity contribution in [3.63, 3.8) is 0 Å². The van der Waals surface area contributed by atoms with Gasteiger partial charge in [-0.25, -0.2) is 28.0 Å². The van der Waals surface area contributed by atoms with Crippen LogP contribution in [-0.4, -0.2) is 63.4 Å². The second-order valence-corrected chi connectivity index (χ2v) is 12.2. The molecule has 5 rings (SSSR count). The molecule has 0 bridgehead atoms. The van der Waals surface area contributed by atoms with Crippen molar-refractivity contribution in [3.05, 3.63) is 41.2 Å². The molecule has 4 N–H and O–H groups in total. The van der Waals surface area contributed by atoms with Gasteiger partial charge in [-0.05, 0) is 88.2 Å². The smallest absolute Gasteiger partial charge is 0.291 e. The fraction of sp³-hybridized carbons (Fsp3) is 0.630. The predicted molar refractivity (Wildman–Crippen MR) is 144 cm³/mol. The van der Waals surface area contributed by atoms with Gasteiger partial charge in [0.2, 0.25) is 16.3 Å². The van der Waals surface area contributed by atoms with Crippen molar-refractivity contribution in [1.82, 2.24) is 20.7 Å². The highest BCUT2D eigenvalue weighted by atomic mass is 32.2. The van der Waals surface area contributed by atoms with Gasteiger partial charge < -0.3 is 5.32 Å². The number of hydrogen-bond acceptors (Lipinski definition) is 6. The molecule has 1 saturated heterocycles. The van der Waals surface area contributed by atoms with Crippen LogP contribution >= 0.6 is 0 Å². The molecule has 0 amide bonds. The highest BCUT2D eigenvalue weighted by Crippen LogP contribution is 2.32. The topological polar surface area (TPSA) is 97.6 Å². The fourth-order valence-corrected chi connectivity index (χ4v) is 6.84. The van der Waals surface area contributed by atoms with E-state index in [-0.39, 0.29) is 6.29 Å². The third kappa shape index (κ3) is 5.59. The Hall–Kier alpha value is -2.07. The van der Waals surface area contributed by atoms with Gasteiger partial charge in [0.1, 0.15) is 11.6 Å². The van der Waals surface area contributed by atoms with Gasteiger partial charge in [-0.3, -0.25) is 5.32 Å². The molecule has 9 heteroatoms. The van der Waals surface area contributed by atoms with Gasteiger partial charge in [0.05, 0.1) is 4.90 Å². The quantitative estimate of drug-likeness (QED) is 0.285. The average molecular weight is 514 g/mol. The zero-order valence-electron chi connectivity index (χ0n) is 21.4. The zero-order chi connectivity index (χ0) is 25.0. The molecule has 2 fully saturated rings. The lowest BCUT2D eigenvalue weighted by molar-refractivity contribution is -0.539. The van der Waals surface area contributed by atoms with E-state index in [0.717, 1.165) is 68.0 Å². The average Bonchev–Trinajstić information content (AvgIpc) is 2.90. The standard InChI is InChI=1S/C27H40N6O2S/c1-2-3-15-29-27-30-19-24-25(33(26(24)32-27)22-7-5-4-6-8-22)21-9-11-23(12-10-21)36(34,35)31-18-20-13-16-28-17-14-20/h9-12,19-20,22,27-29,31H,2-8,13-18H2,1H3/p+1. The third-order valence-electron chi connectivity index (χ3n) is 7.88. The Bertz CT molecular complexity index is 1110. The molecule has 1 aromatic rings. The molecule has 8 nitrogen and oxygen atoms in total. The summed E-state index contributed by atoms with van der Waals surface area (Å²) in [4.78, 5) is 5.03. The molecule has 0 radical (unpaired) electrons. The van der Waals surface area contributed by atoms with Gasteiger partial charge in [0.15, 0.2) is 5.71 Å². The first-order chi connectivity index (χ1) is 17.6. The van der Waals surface area contributed by atoms with Crippen LogP contribution in [0.2, 0.25) is 0 Å². The van der Waals surface area contributed by atoms with Crippen molar-refractivity contribution in [2.45, 2.75) is 81.9 Å². The molecule has 1 aliphatic carbocycles. The number of aliphatic imine (C=N–C) groups is 1. The van der Waals surface area contributed by atoms with Gasteiger partial charge in [0, 0.05) is 24.9 Å². The van der Waals surface area contributed by atoms with E-state index in [2.05, 4.69) is 32.2 Å². The Morgan fingerprint density at radius 2 is 1.81 bits per heavy atom. The number of nitrogens with zero attached hydrogens (tertiary/aromatic N) is 2. The molecule has 1 aromatic carbocycles. The number of allylic oxidation sites excluding steroid dienone is 1. The minimum atomic E-state index is -3.52. The Labute approximate surface area is 215 Å². The van der Waals surface area contributed by atoms with E-state index in [9.17, 15) is 8.42 Å². The summed E-state index contributed by atoms with van der Waals surface area (Å²) in [6.45, 7) is 5.56.